The molecule has 4 saturated carbocycles. The van der Waals surface area contributed by atoms with E-state index in [9.17, 15) is 29.4 Å². The van der Waals surface area contributed by atoms with Gasteiger partial charge in [-0.05, 0) is 110 Å². The first kappa shape index (κ1) is 28.4. The molecule has 7 heteroatoms. The van der Waals surface area contributed by atoms with Gasteiger partial charge in [0, 0.05) is 12.0 Å². The molecule has 5 rings (SSSR count). The quantitative estimate of drug-likeness (QED) is 0.390. The van der Waals surface area contributed by atoms with E-state index in [1.165, 1.54) is 5.57 Å². The molecule has 1 amide bonds. The van der Waals surface area contributed by atoms with Crippen molar-refractivity contribution in [2.24, 2.45) is 50.2 Å². The lowest BCUT2D eigenvalue weighted by Crippen LogP contribution is -2.68. The Hall–Kier alpha value is -2.18. The summed E-state index contributed by atoms with van der Waals surface area (Å²) in [6, 6.07) is -0.254. The summed E-state index contributed by atoms with van der Waals surface area (Å²) in [5, 5.41) is 22.1. The molecule has 0 heterocycles. The SMILES string of the molecule is CC1(C)C2CC[C@]3(C)C(C(=O)C=C4[C@@H]5C[C@@](C)(C(=O)O)CC[C@]5(C)CC[C@]43C)[C@@]2(C)CC[C@@H]1NC(=O)C(=O)O. The minimum atomic E-state index is -1.46. The zero-order valence-electron chi connectivity index (χ0n) is 24.8. The molecule has 0 aromatic heterocycles. The van der Waals surface area contributed by atoms with Crippen LogP contribution in [0.2, 0.25) is 0 Å². The molecule has 5 aliphatic rings. The van der Waals surface area contributed by atoms with E-state index in [2.05, 4.69) is 46.9 Å². The third kappa shape index (κ3) is 3.66. The molecule has 0 bridgehead atoms. The molecular weight excluding hydrogens is 494 g/mol. The van der Waals surface area contributed by atoms with Gasteiger partial charge in [0.05, 0.1) is 5.41 Å². The first-order valence-electron chi connectivity index (χ1n) is 14.9. The zero-order valence-corrected chi connectivity index (χ0v) is 24.8. The highest BCUT2D eigenvalue weighted by Crippen LogP contribution is 2.75. The van der Waals surface area contributed by atoms with Crippen LogP contribution < -0.4 is 5.32 Å². The maximum atomic E-state index is 14.4. The average molecular weight is 542 g/mol. The summed E-state index contributed by atoms with van der Waals surface area (Å²) in [7, 11) is 0. The van der Waals surface area contributed by atoms with Gasteiger partial charge in [-0.3, -0.25) is 14.4 Å². The van der Waals surface area contributed by atoms with Crippen molar-refractivity contribution in [3.63, 3.8) is 0 Å². The van der Waals surface area contributed by atoms with Crippen LogP contribution in [-0.4, -0.2) is 39.9 Å². The highest BCUT2D eigenvalue weighted by atomic mass is 16.4. The number of nitrogens with one attached hydrogen (secondary N) is 1. The Labute approximate surface area is 232 Å². The first-order valence-corrected chi connectivity index (χ1v) is 14.9. The molecular formula is C32H47NO6. The fourth-order valence-corrected chi connectivity index (χ4v) is 10.9. The van der Waals surface area contributed by atoms with Crippen molar-refractivity contribution in [2.75, 3.05) is 0 Å². The van der Waals surface area contributed by atoms with E-state index in [0.29, 0.717) is 19.3 Å². The van der Waals surface area contributed by atoms with Gasteiger partial charge in [-0.15, -0.1) is 0 Å². The van der Waals surface area contributed by atoms with Crippen molar-refractivity contribution in [2.45, 2.75) is 112 Å². The molecule has 7 nitrogen and oxygen atoms in total. The van der Waals surface area contributed by atoms with Crippen molar-refractivity contribution in [1.82, 2.24) is 5.32 Å². The topological polar surface area (TPSA) is 121 Å². The van der Waals surface area contributed by atoms with E-state index in [4.69, 9.17) is 0 Å². The molecule has 0 radical (unpaired) electrons. The number of ketones is 1. The number of carboxylic acid groups (broad SMARTS) is 2. The molecule has 0 aliphatic heterocycles. The molecule has 216 valence electrons. The second-order valence-corrected chi connectivity index (χ2v) is 15.7. The van der Waals surface area contributed by atoms with Crippen molar-refractivity contribution in [1.29, 1.82) is 0 Å². The average Bonchev–Trinajstić information content (AvgIpc) is 2.83. The Bertz CT molecular complexity index is 1170. The third-order valence-electron chi connectivity index (χ3n) is 13.6. The summed E-state index contributed by atoms with van der Waals surface area (Å²) in [5.41, 5.74) is -0.599. The van der Waals surface area contributed by atoms with Crippen LogP contribution in [0.25, 0.3) is 0 Å². The fourth-order valence-electron chi connectivity index (χ4n) is 10.9. The lowest BCUT2D eigenvalue weighted by molar-refractivity contribution is -0.190. The van der Waals surface area contributed by atoms with Gasteiger partial charge in [-0.25, -0.2) is 4.79 Å². The number of amides is 1. The minimum Gasteiger partial charge on any atom is -0.481 e. The fraction of sp³-hybridized carbons (Fsp3) is 0.812. The molecule has 0 aromatic rings. The first-order chi connectivity index (χ1) is 17.9. The summed E-state index contributed by atoms with van der Waals surface area (Å²) in [4.78, 5) is 50.0. The van der Waals surface area contributed by atoms with Crippen LogP contribution in [0.4, 0.5) is 0 Å². The Morgan fingerprint density at radius 3 is 2.13 bits per heavy atom. The predicted octanol–water partition coefficient (Wildman–Crippen LogP) is 5.62. The Morgan fingerprint density at radius 1 is 0.872 bits per heavy atom. The number of rotatable bonds is 2. The zero-order chi connectivity index (χ0) is 29.0. The van der Waals surface area contributed by atoms with E-state index in [1.807, 2.05) is 13.0 Å². The van der Waals surface area contributed by atoms with Crippen LogP contribution in [0.5, 0.6) is 0 Å². The molecule has 0 aromatic carbocycles. The molecule has 9 atom stereocenters. The van der Waals surface area contributed by atoms with Gasteiger partial charge in [0.25, 0.3) is 0 Å². The number of fused-ring (bicyclic) bond motifs is 7. The van der Waals surface area contributed by atoms with Gasteiger partial charge < -0.3 is 15.5 Å². The minimum absolute atomic E-state index is 0.0211. The summed E-state index contributed by atoms with van der Waals surface area (Å²) >= 11 is 0. The Balaban J connectivity index is 1.55. The van der Waals surface area contributed by atoms with E-state index in [1.54, 1.807) is 0 Å². The summed E-state index contributed by atoms with van der Waals surface area (Å²) in [5.74, 6) is -2.87. The number of hydrogen-bond donors (Lipinski definition) is 3. The summed E-state index contributed by atoms with van der Waals surface area (Å²) in [6.07, 6.45) is 9.37. The maximum absolute atomic E-state index is 14.4. The highest BCUT2D eigenvalue weighted by molar-refractivity contribution is 6.31. The van der Waals surface area contributed by atoms with Crippen molar-refractivity contribution >= 4 is 23.6 Å². The largest absolute Gasteiger partial charge is 0.481 e. The Morgan fingerprint density at radius 2 is 1.51 bits per heavy atom. The molecule has 0 spiro atoms. The van der Waals surface area contributed by atoms with Crippen LogP contribution in [0.15, 0.2) is 11.6 Å². The molecule has 3 N–H and O–H groups in total. The van der Waals surface area contributed by atoms with Gasteiger partial charge in [-0.1, -0.05) is 47.1 Å². The molecule has 0 saturated heterocycles. The third-order valence-corrected chi connectivity index (χ3v) is 13.6. The van der Waals surface area contributed by atoms with Crippen LogP contribution in [-0.2, 0) is 19.2 Å². The van der Waals surface area contributed by atoms with Crippen molar-refractivity contribution < 1.29 is 29.4 Å². The van der Waals surface area contributed by atoms with E-state index < -0.39 is 23.3 Å². The lowest BCUT2D eigenvalue weighted by atomic mass is 9.33. The van der Waals surface area contributed by atoms with E-state index in [0.717, 1.165) is 38.5 Å². The van der Waals surface area contributed by atoms with Gasteiger partial charge >= 0.3 is 17.8 Å². The molecule has 39 heavy (non-hydrogen) atoms. The number of carboxylic acids is 2. The smallest absolute Gasteiger partial charge is 0.394 e. The predicted molar refractivity (Wildman–Crippen MR) is 147 cm³/mol. The van der Waals surface area contributed by atoms with Gasteiger partial charge in [-0.2, -0.15) is 0 Å². The van der Waals surface area contributed by atoms with Crippen LogP contribution >= 0.6 is 0 Å². The normalized spacial score (nSPS) is 48.4. The van der Waals surface area contributed by atoms with Crippen molar-refractivity contribution in [3.8, 4) is 0 Å². The van der Waals surface area contributed by atoms with Gasteiger partial charge in [0.1, 0.15) is 0 Å². The standard InChI is InChI=1S/C32H47NO6/c1-27(2)21-8-11-32(7)23(30(21,5)10-9-22(27)33-24(35)25(36)37)20(34)16-18-19-17-29(4,26(38)39)13-12-28(19,3)14-15-31(18,32)6/h16,19,21-23H,8-15,17H2,1-7H3,(H,33,35)(H,36,37)(H,38,39)/t19-,21?,22-,23?,28+,29-,30-,31+,32+/m0/s1. The second-order valence-electron chi connectivity index (χ2n) is 15.7. The monoisotopic (exact) mass is 541 g/mol. The Kier molecular flexibility index (Phi) is 6.12. The molecule has 2 unspecified atom stereocenters. The van der Waals surface area contributed by atoms with E-state index in [-0.39, 0.29) is 56.7 Å². The number of carbonyl (C=O) groups is 4. The van der Waals surface area contributed by atoms with Crippen LogP contribution in [0, 0.1) is 50.2 Å². The number of aliphatic carboxylic acids is 2. The molecule has 5 aliphatic carbocycles. The van der Waals surface area contributed by atoms with Crippen LogP contribution in [0.1, 0.15) is 106 Å². The maximum Gasteiger partial charge on any atom is 0.394 e. The number of carbonyl (C=O) groups excluding carboxylic acids is 2. The second kappa shape index (κ2) is 8.42. The summed E-state index contributed by atoms with van der Waals surface area (Å²) in [6.45, 7) is 15.4. The van der Waals surface area contributed by atoms with Crippen LogP contribution in [0.3, 0.4) is 0 Å². The van der Waals surface area contributed by atoms with Crippen molar-refractivity contribution in [3.05, 3.63) is 11.6 Å². The molecule has 4 fully saturated rings. The van der Waals surface area contributed by atoms with Gasteiger partial charge in [0.2, 0.25) is 0 Å². The van der Waals surface area contributed by atoms with Gasteiger partial charge in [0.15, 0.2) is 5.78 Å². The highest BCUT2D eigenvalue weighted by Gasteiger charge is 2.70. The number of hydrogen-bond acceptors (Lipinski definition) is 4. The van der Waals surface area contributed by atoms with E-state index >= 15 is 0 Å². The number of allylic oxidation sites excluding steroid dienone is 2. The summed E-state index contributed by atoms with van der Waals surface area (Å²) < 4.78 is 0. The lowest BCUT2D eigenvalue weighted by Gasteiger charge is -2.70.